The minimum atomic E-state index is -1.69. The highest BCUT2D eigenvalue weighted by Gasteiger charge is 2.18. The first-order chi connectivity index (χ1) is 6.02. The Morgan fingerprint density at radius 1 is 1.38 bits per heavy atom. The summed E-state index contributed by atoms with van der Waals surface area (Å²) >= 11 is 5.40. The second-order valence-electron chi connectivity index (χ2n) is 2.26. The third kappa shape index (κ3) is 2.03. The molecule has 5 heteroatoms. The van der Waals surface area contributed by atoms with Crippen molar-refractivity contribution in [2.75, 3.05) is 0 Å². The zero-order valence-corrected chi connectivity index (χ0v) is 7.01. The molecule has 0 atom stereocenters. The molecular formula is C8H4ClFO3. The Kier molecular flexibility index (Phi) is 2.63. The molecule has 1 aromatic rings. The highest BCUT2D eigenvalue weighted by atomic mass is 35.5. The van der Waals surface area contributed by atoms with E-state index in [2.05, 4.69) is 0 Å². The molecule has 0 aliphatic rings. The van der Waals surface area contributed by atoms with Crippen molar-refractivity contribution in [2.45, 2.75) is 0 Å². The van der Waals surface area contributed by atoms with Crippen molar-refractivity contribution in [1.29, 1.82) is 0 Å². The minimum Gasteiger partial charge on any atom is -0.475 e. The molecule has 3 nitrogen and oxygen atoms in total. The van der Waals surface area contributed by atoms with E-state index in [1.807, 2.05) is 0 Å². The van der Waals surface area contributed by atoms with Gasteiger partial charge in [0.25, 0.3) is 5.78 Å². The Morgan fingerprint density at radius 3 is 2.46 bits per heavy atom. The quantitative estimate of drug-likeness (QED) is 0.587. The molecule has 0 saturated carbocycles. The molecule has 0 aliphatic carbocycles. The van der Waals surface area contributed by atoms with Crippen LogP contribution in [0, 0.1) is 5.82 Å². The van der Waals surface area contributed by atoms with Crippen LogP contribution >= 0.6 is 11.6 Å². The van der Waals surface area contributed by atoms with Gasteiger partial charge in [-0.25, -0.2) is 9.18 Å². The molecule has 0 heterocycles. The van der Waals surface area contributed by atoms with Gasteiger partial charge in [-0.3, -0.25) is 4.79 Å². The van der Waals surface area contributed by atoms with E-state index in [9.17, 15) is 14.0 Å². The molecule has 0 bridgehead atoms. The molecule has 68 valence electrons. The van der Waals surface area contributed by atoms with Crippen LogP contribution in [0.4, 0.5) is 4.39 Å². The normalized spacial score (nSPS) is 9.69. The number of Topliss-reactive ketones (excluding diaryl/α,β-unsaturated/α-hetero) is 1. The van der Waals surface area contributed by atoms with Crippen LogP contribution in [-0.4, -0.2) is 16.9 Å². The molecule has 13 heavy (non-hydrogen) atoms. The number of carbonyl (C=O) groups excluding carboxylic acids is 1. The molecule has 0 amide bonds. The Balaban J connectivity index is 3.16. The lowest BCUT2D eigenvalue weighted by molar-refractivity contribution is -0.131. The number of hydrogen-bond donors (Lipinski definition) is 1. The Morgan fingerprint density at radius 2 is 2.00 bits per heavy atom. The van der Waals surface area contributed by atoms with E-state index in [0.29, 0.717) is 0 Å². The molecule has 1 aromatic carbocycles. The molecular weight excluding hydrogens is 199 g/mol. The van der Waals surface area contributed by atoms with Gasteiger partial charge in [-0.05, 0) is 18.2 Å². The minimum absolute atomic E-state index is 0.111. The van der Waals surface area contributed by atoms with Crippen molar-refractivity contribution in [1.82, 2.24) is 0 Å². The lowest BCUT2D eigenvalue weighted by atomic mass is 10.1. The van der Waals surface area contributed by atoms with Gasteiger partial charge in [-0.1, -0.05) is 11.6 Å². The molecule has 0 aromatic heterocycles. The molecule has 0 aliphatic heterocycles. The Hall–Kier alpha value is -1.42. The zero-order valence-electron chi connectivity index (χ0n) is 6.25. The fourth-order valence-electron chi connectivity index (χ4n) is 0.789. The largest absolute Gasteiger partial charge is 0.475 e. The third-order valence-corrected chi connectivity index (χ3v) is 1.61. The van der Waals surface area contributed by atoms with Gasteiger partial charge in [0.1, 0.15) is 5.82 Å². The summed E-state index contributed by atoms with van der Waals surface area (Å²) in [5, 5.41) is 8.39. The first-order valence-electron chi connectivity index (χ1n) is 3.25. The molecule has 1 rings (SSSR count). The molecule has 1 N–H and O–H groups in total. The number of ketones is 1. The fraction of sp³-hybridized carbons (Fsp3) is 0. The van der Waals surface area contributed by atoms with Gasteiger partial charge >= 0.3 is 5.97 Å². The smallest absolute Gasteiger partial charge is 0.377 e. The zero-order chi connectivity index (χ0) is 10.0. The monoisotopic (exact) mass is 202 g/mol. The average Bonchev–Trinajstić information content (AvgIpc) is 2.03. The molecule has 0 saturated heterocycles. The van der Waals surface area contributed by atoms with Crippen LogP contribution in [0.2, 0.25) is 5.02 Å². The predicted molar refractivity (Wildman–Crippen MR) is 43.4 cm³/mol. The summed E-state index contributed by atoms with van der Waals surface area (Å²) in [6, 6.07) is 3.17. The van der Waals surface area contributed by atoms with Gasteiger partial charge in [-0.15, -0.1) is 0 Å². The van der Waals surface area contributed by atoms with Crippen molar-refractivity contribution in [3.8, 4) is 0 Å². The van der Waals surface area contributed by atoms with Crippen LogP contribution in [0.5, 0.6) is 0 Å². The van der Waals surface area contributed by atoms with Gasteiger partial charge in [0.15, 0.2) is 0 Å². The van der Waals surface area contributed by atoms with Crippen LogP contribution in [0.3, 0.4) is 0 Å². The van der Waals surface area contributed by atoms with Crippen molar-refractivity contribution in [3.05, 3.63) is 34.6 Å². The van der Waals surface area contributed by atoms with E-state index in [1.165, 1.54) is 6.07 Å². The topological polar surface area (TPSA) is 54.4 Å². The number of carboxylic acid groups (broad SMARTS) is 1. The van der Waals surface area contributed by atoms with Crippen LogP contribution in [0.15, 0.2) is 18.2 Å². The van der Waals surface area contributed by atoms with E-state index in [-0.39, 0.29) is 5.02 Å². The van der Waals surface area contributed by atoms with E-state index >= 15 is 0 Å². The van der Waals surface area contributed by atoms with E-state index in [4.69, 9.17) is 16.7 Å². The molecule has 0 fully saturated rings. The Labute approximate surface area is 77.7 Å². The predicted octanol–water partition coefficient (Wildman–Crippen LogP) is 1.75. The summed E-state index contributed by atoms with van der Waals surface area (Å²) in [5.74, 6) is -3.91. The summed E-state index contributed by atoms with van der Waals surface area (Å²) < 4.78 is 12.9. The lowest BCUT2D eigenvalue weighted by Crippen LogP contribution is -2.14. The summed E-state index contributed by atoms with van der Waals surface area (Å²) in [6.45, 7) is 0. The summed E-state index contributed by atoms with van der Waals surface area (Å²) in [5.41, 5.74) is -0.489. The first kappa shape index (κ1) is 9.67. The highest BCUT2D eigenvalue weighted by Crippen LogP contribution is 2.14. The van der Waals surface area contributed by atoms with Gasteiger partial charge in [0, 0.05) is 5.02 Å². The van der Waals surface area contributed by atoms with Crippen LogP contribution < -0.4 is 0 Å². The standard InChI is InChI=1S/C8H4ClFO3/c9-4-1-2-5(6(10)3-4)7(11)8(12)13/h1-3H,(H,12,13). The Bertz CT molecular complexity index is 376. The van der Waals surface area contributed by atoms with Gasteiger partial charge < -0.3 is 5.11 Å². The van der Waals surface area contributed by atoms with E-state index < -0.39 is 23.1 Å². The van der Waals surface area contributed by atoms with Crippen LogP contribution in [0.1, 0.15) is 10.4 Å². The molecule has 0 radical (unpaired) electrons. The number of halogens is 2. The second kappa shape index (κ2) is 3.53. The number of rotatable bonds is 2. The first-order valence-corrected chi connectivity index (χ1v) is 3.63. The second-order valence-corrected chi connectivity index (χ2v) is 2.69. The molecule has 0 spiro atoms. The third-order valence-electron chi connectivity index (χ3n) is 1.37. The summed E-state index contributed by atoms with van der Waals surface area (Å²) in [7, 11) is 0. The maximum absolute atomic E-state index is 12.9. The number of carbonyl (C=O) groups is 2. The highest BCUT2D eigenvalue weighted by molar-refractivity contribution is 6.40. The van der Waals surface area contributed by atoms with Gasteiger partial charge in [0.2, 0.25) is 0 Å². The van der Waals surface area contributed by atoms with Crippen LogP contribution in [0.25, 0.3) is 0 Å². The summed E-state index contributed by atoms with van der Waals surface area (Å²) in [6.07, 6.45) is 0. The lowest BCUT2D eigenvalue weighted by Gasteiger charge is -1.97. The maximum Gasteiger partial charge on any atom is 0.377 e. The van der Waals surface area contributed by atoms with Gasteiger partial charge in [-0.2, -0.15) is 0 Å². The van der Waals surface area contributed by atoms with E-state index in [0.717, 1.165) is 12.1 Å². The number of benzene rings is 1. The summed E-state index contributed by atoms with van der Waals surface area (Å²) in [4.78, 5) is 21.0. The van der Waals surface area contributed by atoms with Crippen molar-refractivity contribution < 1.29 is 19.1 Å². The fourth-order valence-corrected chi connectivity index (χ4v) is 0.948. The maximum atomic E-state index is 12.9. The molecule has 0 unspecified atom stereocenters. The SMILES string of the molecule is O=C(O)C(=O)c1ccc(Cl)cc1F. The van der Waals surface area contributed by atoms with Crippen LogP contribution in [-0.2, 0) is 4.79 Å². The number of carboxylic acids is 1. The van der Waals surface area contributed by atoms with Crippen molar-refractivity contribution in [2.24, 2.45) is 0 Å². The van der Waals surface area contributed by atoms with Crippen molar-refractivity contribution in [3.63, 3.8) is 0 Å². The number of hydrogen-bond acceptors (Lipinski definition) is 2. The van der Waals surface area contributed by atoms with E-state index in [1.54, 1.807) is 0 Å². The average molecular weight is 203 g/mol. The van der Waals surface area contributed by atoms with Gasteiger partial charge in [0.05, 0.1) is 5.56 Å². The number of aliphatic carboxylic acids is 1. The van der Waals surface area contributed by atoms with Crippen molar-refractivity contribution >= 4 is 23.4 Å².